The number of carbonyl (C=O) groups excluding carboxylic acids is 3. The van der Waals surface area contributed by atoms with E-state index in [1.807, 2.05) is 6.92 Å². The highest BCUT2D eigenvalue weighted by Crippen LogP contribution is 2.41. The molecule has 5 aromatic rings. The molecule has 2 N–H and O–H groups in total. The summed E-state index contributed by atoms with van der Waals surface area (Å²) >= 11 is 0. The highest BCUT2D eigenvalue weighted by Gasteiger charge is 2.40. The lowest BCUT2D eigenvalue weighted by atomic mass is 9.99. The van der Waals surface area contributed by atoms with Crippen molar-refractivity contribution in [3.63, 3.8) is 0 Å². The highest BCUT2D eigenvalue weighted by molar-refractivity contribution is 6.15. The standard InChI is InChI=1S/C33H31N7O5/c1-6-25-28-24(32(43)40(25)23-12-10-20(11-13-23)27-19(3)45-39(5)33(27)44)16-18(2)34-29(28)31(42)35-22-9-7-8-21(17-22)30(41)36-26-14-15-38(4)37-26/h7-17,25H,6H2,1-5H3,(H,35,42)(H,36,37,41)/i4D3. The minimum atomic E-state index is -2.48. The minimum absolute atomic E-state index is 0.0559. The molecule has 12 nitrogen and oxygen atoms in total. The summed E-state index contributed by atoms with van der Waals surface area (Å²) in [5.41, 5.74) is 3.36. The second-order valence-electron chi connectivity index (χ2n) is 10.7. The minimum Gasteiger partial charge on any atom is -0.381 e. The van der Waals surface area contributed by atoms with E-state index in [2.05, 4.69) is 20.7 Å². The van der Waals surface area contributed by atoms with E-state index in [0.29, 0.717) is 51.5 Å². The van der Waals surface area contributed by atoms with Crippen molar-refractivity contribution in [3.8, 4) is 11.1 Å². The molecule has 3 amide bonds. The molecule has 12 heteroatoms. The molecule has 1 unspecified atom stereocenters. The molecule has 45 heavy (non-hydrogen) atoms. The molecule has 0 bridgehead atoms. The first-order valence-electron chi connectivity index (χ1n) is 15.7. The van der Waals surface area contributed by atoms with Gasteiger partial charge in [-0.3, -0.25) is 23.9 Å². The number of amides is 3. The van der Waals surface area contributed by atoms with Crippen molar-refractivity contribution in [2.24, 2.45) is 14.0 Å². The largest absolute Gasteiger partial charge is 0.381 e. The van der Waals surface area contributed by atoms with E-state index in [0.717, 1.165) is 4.68 Å². The van der Waals surface area contributed by atoms with Gasteiger partial charge in [-0.1, -0.05) is 25.1 Å². The van der Waals surface area contributed by atoms with Crippen LogP contribution in [-0.2, 0) is 14.0 Å². The molecule has 0 saturated carbocycles. The third kappa shape index (κ3) is 5.30. The first-order chi connectivity index (χ1) is 22.8. The lowest BCUT2D eigenvalue weighted by Crippen LogP contribution is -2.28. The third-order valence-corrected chi connectivity index (χ3v) is 7.66. The fraction of sp³-hybridized carbons (Fsp3) is 0.212. The number of pyridine rings is 1. The van der Waals surface area contributed by atoms with Crippen molar-refractivity contribution < 1.29 is 23.0 Å². The first-order valence-corrected chi connectivity index (χ1v) is 14.2. The zero-order valence-corrected chi connectivity index (χ0v) is 24.9. The number of aromatic nitrogens is 4. The highest BCUT2D eigenvalue weighted by atomic mass is 16.5. The summed E-state index contributed by atoms with van der Waals surface area (Å²) in [6.07, 6.45) is 1.72. The van der Waals surface area contributed by atoms with Crippen molar-refractivity contribution in [3.05, 3.63) is 111 Å². The van der Waals surface area contributed by atoms with Gasteiger partial charge in [-0.05, 0) is 62.2 Å². The Morgan fingerprint density at radius 3 is 2.47 bits per heavy atom. The smallest absolute Gasteiger partial charge is 0.290 e. The van der Waals surface area contributed by atoms with Gasteiger partial charge in [0.05, 0.1) is 11.6 Å². The van der Waals surface area contributed by atoms with E-state index in [1.165, 1.54) is 29.1 Å². The Morgan fingerprint density at radius 2 is 1.80 bits per heavy atom. The van der Waals surface area contributed by atoms with Crippen LogP contribution in [0.5, 0.6) is 0 Å². The number of benzene rings is 2. The van der Waals surface area contributed by atoms with E-state index in [9.17, 15) is 19.2 Å². The number of carbonyl (C=O) groups is 3. The lowest BCUT2D eigenvalue weighted by molar-refractivity contribution is 0.0988. The zero-order valence-electron chi connectivity index (χ0n) is 27.9. The maximum absolute atomic E-state index is 13.9. The molecule has 0 spiro atoms. The van der Waals surface area contributed by atoms with E-state index < -0.39 is 24.8 Å². The number of fused-ring (bicyclic) bond motifs is 1. The van der Waals surface area contributed by atoms with Gasteiger partial charge in [-0.15, -0.1) is 0 Å². The summed E-state index contributed by atoms with van der Waals surface area (Å²) in [7, 11) is 1.54. The average Bonchev–Trinajstić information content (AvgIpc) is 3.70. The summed E-state index contributed by atoms with van der Waals surface area (Å²) in [4.78, 5) is 59.3. The Balaban J connectivity index is 1.25. The number of rotatable bonds is 7. The molecule has 0 aliphatic carbocycles. The maximum atomic E-state index is 13.9. The van der Waals surface area contributed by atoms with Crippen LogP contribution in [0, 0.1) is 13.8 Å². The van der Waals surface area contributed by atoms with Gasteiger partial charge in [0, 0.05) is 64.2 Å². The summed E-state index contributed by atoms with van der Waals surface area (Å²) in [5.74, 6) is -0.853. The molecule has 0 saturated heterocycles. The number of hydrogen-bond acceptors (Lipinski definition) is 7. The second-order valence-corrected chi connectivity index (χ2v) is 10.7. The van der Waals surface area contributed by atoms with Gasteiger partial charge < -0.3 is 20.1 Å². The van der Waals surface area contributed by atoms with Gasteiger partial charge in [0.1, 0.15) is 11.5 Å². The van der Waals surface area contributed by atoms with E-state index in [1.54, 1.807) is 68.3 Å². The zero-order chi connectivity index (χ0) is 34.5. The Kier molecular flexibility index (Phi) is 6.50. The Morgan fingerprint density at radius 1 is 1.02 bits per heavy atom. The number of nitrogens with one attached hydrogen (secondary N) is 2. The summed E-state index contributed by atoms with van der Waals surface area (Å²) in [5, 5.41) is 9.23. The summed E-state index contributed by atoms with van der Waals surface area (Å²) < 4.78 is 29.7. The Labute approximate surface area is 262 Å². The van der Waals surface area contributed by atoms with Gasteiger partial charge in [0.15, 0.2) is 5.82 Å². The second kappa shape index (κ2) is 11.4. The predicted molar refractivity (Wildman–Crippen MR) is 168 cm³/mol. The van der Waals surface area contributed by atoms with Crippen LogP contribution in [0.3, 0.4) is 0 Å². The van der Waals surface area contributed by atoms with Crippen LogP contribution in [0.4, 0.5) is 17.2 Å². The van der Waals surface area contributed by atoms with Crippen LogP contribution in [-0.4, -0.2) is 37.2 Å². The van der Waals surface area contributed by atoms with Gasteiger partial charge in [-0.25, -0.2) is 4.98 Å². The third-order valence-electron chi connectivity index (χ3n) is 7.66. The van der Waals surface area contributed by atoms with E-state index in [4.69, 9.17) is 8.64 Å². The number of aryl methyl sites for hydroxylation is 4. The van der Waals surface area contributed by atoms with Crippen LogP contribution < -0.4 is 21.1 Å². The monoisotopic (exact) mass is 608 g/mol. The molecule has 1 aliphatic rings. The fourth-order valence-corrected chi connectivity index (χ4v) is 5.68. The first kappa shape index (κ1) is 25.7. The molecule has 6 rings (SSSR count). The fourth-order valence-electron chi connectivity index (χ4n) is 5.68. The van der Waals surface area contributed by atoms with Crippen molar-refractivity contribution in [2.45, 2.75) is 33.2 Å². The van der Waals surface area contributed by atoms with E-state index >= 15 is 0 Å². The molecular formula is C33H31N7O5. The molecular weight excluding hydrogens is 574 g/mol. The quantitative estimate of drug-likeness (QED) is 0.264. The molecule has 3 aromatic heterocycles. The normalized spacial score (nSPS) is 15.3. The molecule has 4 heterocycles. The van der Waals surface area contributed by atoms with Gasteiger partial charge in [0.2, 0.25) is 0 Å². The van der Waals surface area contributed by atoms with Gasteiger partial charge in [0.25, 0.3) is 23.3 Å². The molecule has 228 valence electrons. The summed E-state index contributed by atoms with van der Waals surface area (Å²) in [6.45, 7) is 2.85. The molecule has 0 fully saturated rings. The van der Waals surface area contributed by atoms with Gasteiger partial charge >= 0.3 is 0 Å². The van der Waals surface area contributed by atoms with Crippen LogP contribution in [0.15, 0.2) is 76.2 Å². The van der Waals surface area contributed by atoms with Gasteiger partial charge in [-0.2, -0.15) is 9.84 Å². The summed E-state index contributed by atoms with van der Waals surface area (Å²) in [6, 6.07) is 15.8. The Hall–Kier alpha value is -5.78. The predicted octanol–water partition coefficient (Wildman–Crippen LogP) is 5.01. The molecule has 1 atom stereocenters. The van der Waals surface area contributed by atoms with Crippen LogP contribution in [0.2, 0.25) is 0 Å². The van der Waals surface area contributed by atoms with Crippen LogP contribution in [0.25, 0.3) is 11.1 Å². The topological polar surface area (TPSA) is 144 Å². The van der Waals surface area contributed by atoms with Crippen LogP contribution >= 0.6 is 0 Å². The Bertz CT molecular complexity index is 2150. The van der Waals surface area contributed by atoms with Crippen molar-refractivity contribution in [1.29, 1.82) is 0 Å². The molecule has 0 radical (unpaired) electrons. The average molecular weight is 609 g/mol. The molecule has 2 aromatic carbocycles. The molecule has 1 aliphatic heterocycles. The van der Waals surface area contributed by atoms with E-state index in [-0.39, 0.29) is 28.5 Å². The van der Waals surface area contributed by atoms with Crippen molar-refractivity contribution in [2.75, 3.05) is 15.5 Å². The number of anilines is 3. The lowest BCUT2D eigenvalue weighted by Gasteiger charge is -2.25. The SMILES string of the molecule is [2H]C([2H])([2H])n1ccc(NC(=O)c2cccc(NC(=O)c3nc(C)cc4c3C(CC)N(c3ccc(-c5c(C)on(C)c5=O)cc3)C4=O)c2)n1. The number of nitrogens with zero attached hydrogens (tertiary/aromatic N) is 5. The van der Waals surface area contributed by atoms with Crippen molar-refractivity contribution in [1.82, 2.24) is 19.5 Å². The van der Waals surface area contributed by atoms with Crippen molar-refractivity contribution >= 4 is 34.9 Å². The van der Waals surface area contributed by atoms with Crippen LogP contribution in [0.1, 0.15) is 71.7 Å². The number of hydrogen-bond donors (Lipinski definition) is 2. The maximum Gasteiger partial charge on any atom is 0.290 e.